The van der Waals surface area contributed by atoms with Crippen molar-refractivity contribution < 1.29 is 4.74 Å². The summed E-state index contributed by atoms with van der Waals surface area (Å²) in [7, 11) is 0. The van der Waals surface area contributed by atoms with Gasteiger partial charge in [0.2, 0.25) is 5.88 Å². The highest BCUT2D eigenvalue weighted by Gasteiger charge is 2.15. The molecule has 0 atom stereocenters. The fraction of sp³-hybridized carbons (Fsp3) is 0.0500. The van der Waals surface area contributed by atoms with Gasteiger partial charge in [-0.1, -0.05) is 48.5 Å². The van der Waals surface area contributed by atoms with Crippen molar-refractivity contribution >= 4 is 5.65 Å². The Balaban J connectivity index is 1.89. The van der Waals surface area contributed by atoms with Crippen LogP contribution in [0, 0.1) is 6.92 Å². The number of nitrogens with zero attached hydrogens (tertiary/aromatic N) is 2. The summed E-state index contributed by atoms with van der Waals surface area (Å²) in [5.74, 6) is 1.55. The van der Waals surface area contributed by atoms with Gasteiger partial charge in [-0.05, 0) is 36.8 Å². The minimum Gasteiger partial charge on any atom is -0.438 e. The average Bonchev–Trinajstić information content (AvgIpc) is 2.95. The molecule has 3 nitrogen and oxygen atoms in total. The Kier molecular flexibility index (Phi) is 3.31. The molecule has 0 amide bonds. The van der Waals surface area contributed by atoms with Gasteiger partial charge < -0.3 is 4.74 Å². The maximum atomic E-state index is 6.20. The first-order chi connectivity index (χ1) is 11.3. The number of aryl methyl sites for hydroxylation is 1. The SMILES string of the molecule is Cc1cccc(Oc2c(-c3ccccc3)nc3ccccn23)c1. The van der Waals surface area contributed by atoms with Gasteiger partial charge in [-0.3, -0.25) is 4.40 Å². The van der Waals surface area contributed by atoms with Crippen molar-refractivity contribution in [3.05, 3.63) is 84.6 Å². The van der Waals surface area contributed by atoms with Crippen LogP contribution >= 0.6 is 0 Å². The maximum Gasteiger partial charge on any atom is 0.232 e. The van der Waals surface area contributed by atoms with E-state index >= 15 is 0 Å². The lowest BCUT2D eigenvalue weighted by atomic mass is 10.2. The molecule has 0 saturated heterocycles. The van der Waals surface area contributed by atoms with Gasteiger partial charge in [-0.2, -0.15) is 0 Å². The molecule has 2 aromatic carbocycles. The molecule has 3 heteroatoms. The highest BCUT2D eigenvalue weighted by atomic mass is 16.5. The van der Waals surface area contributed by atoms with E-state index in [4.69, 9.17) is 9.72 Å². The Morgan fingerprint density at radius 2 is 1.70 bits per heavy atom. The summed E-state index contributed by atoms with van der Waals surface area (Å²) in [6, 6.07) is 24.1. The largest absolute Gasteiger partial charge is 0.438 e. The fourth-order valence-corrected chi connectivity index (χ4v) is 2.65. The van der Waals surface area contributed by atoms with Crippen LogP contribution in [-0.2, 0) is 0 Å². The third-order valence-electron chi connectivity index (χ3n) is 3.74. The van der Waals surface area contributed by atoms with Crippen LogP contribution in [0.15, 0.2) is 79.0 Å². The fourth-order valence-electron chi connectivity index (χ4n) is 2.65. The molecular weight excluding hydrogens is 284 g/mol. The van der Waals surface area contributed by atoms with E-state index in [0.29, 0.717) is 0 Å². The van der Waals surface area contributed by atoms with Crippen LogP contribution in [0.25, 0.3) is 16.9 Å². The van der Waals surface area contributed by atoms with Crippen molar-refractivity contribution in [2.24, 2.45) is 0 Å². The molecule has 0 aliphatic heterocycles. The number of fused-ring (bicyclic) bond motifs is 1. The van der Waals surface area contributed by atoms with E-state index in [1.807, 2.05) is 77.3 Å². The number of benzene rings is 2. The Labute approximate surface area is 134 Å². The number of hydrogen-bond donors (Lipinski definition) is 0. The number of ether oxygens (including phenoxy) is 1. The molecule has 4 rings (SSSR count). The van der Waals surface area contributed by atoms with Crippen LogP contribution in [0.1, 0.15) is 5.56 Å². The van der Waals surface area contributed by atoms with Crippen LogP contribution < -0.4 is 4.74 Å². The van der Waals surface area contributed by atoms with Crippen molar-refractivity contribution in [2.75, 3.05) is 0 Å². The minimum absolute atomic E-state index is 0.734. The summed E-state index contributed by atoms with van der Waals surface area (Å²) in [6.45, 7) is 2.06. The third kappa shape index (κ3) is 2.57. The zero-order valence-corrected chi connectivity index (χ0v) is 12.8. The Morgan fingerprint density at radius 3 is 2.52 bits per heavy atom. The van der Waals surface area contributed by atoms with Gasteiger partial charge in [-0.25, -0.2) is 4.98 Å². The van der Waals surface area contributed by atoms with E-state index in [1.54, 1.807) is 0 Å². The summed E-state index contributed by atoms with van der Waals surface area (Å²) in [5, 5.41) is 0. The Hall–Kier alpha value is -3.07. The number of aromatic nitrogens is 2. The number of pyridine rings is 1. The van der Waals surface area contributed by atoms with E-state index in [1.165, 1.54) is 0 Å². The summed E-state index contributed by atoms with van der Waals surface area (Å²) >= 11 is 0. The van der Waals surface area contributed by atoms with E-state index in [0.717, 1.165) is 34.1 Å². The van der Waals surface area contributed by atoms with Gasteiger partial charge in [0.15, 0.2) is 0 Å². The summed E-state index contributed by atoms with van der Waals surface area (Å²) in [5.41, 5.74) is 3.92. The summed E-state index contributed by atoms with van der Waals surface area (Å²) in [6.07, 6.45) is 1.97. The van der Waals surface area contributed by atoms with E-state index in [-0.39, 0.29) is 0 Å². The standard InChI is InChI=1S/C20H16N2O/c1-15-8-7-11-17(14-15)23-20-19(16-9-3-2-4-10-16)21-18-12-5-6-13-22(18)20/h2-14H,1H3. The van der Waals surface area contributed by atoms with Crippen molar-refractivity contribution in [3.63, 3.8) is 0 Å². The summed E-state index contributed by atoms with van der Waals surface area (Å²) < 4.78 is 8.18. The predicted octanol–water partition coefficient (Wildman–Crippen LogP) is 5.10. The first-order valence-electron chi connectivity index (χ1n) is 7.58. The van der Waals surface area contributed by atoms with Gasteiger partial charge in [0.1, 0.15) is 17.1 Å². The topological polar surface area (TPSA) is 26.5 Å². The van der Waals surface area contributed by atoms with E-state index in [9.17, 15) is 0 Å². The average molecular weight is 300 g/mol. The minimum atomic E-state index is 0.734. The van der Waals surface area contributed by atoms with Crippen LogP contribution in [0.4, 0.5) is 0 Å². The molecule has 0 bridgehead atoms. The first kappa shape index (κ1) is 13.6. The molecule has 112 valence electrons. The molecule has 0 fully saturated rings. The highest BCUT2D eigenvalue weighted by Crippen LogP contribution is 2.33. The van der Waals surface area contributed by atoms with Gasteiger partial charge in [0.05, 0.1) is 0 Å². The monoisotopic (exact) mass is 300 g/mol. The molecule has 23 heavy (non-hydrogen) atoms. The Morgan fingerprint density at radius 1 is 0.870 bits per heavy atom. The van der Waals surface area contributed by atoms with Gasteiger partial charge in [0, 0.05) is 11.8 Å². The third-order valence-corrected chi connectivity index (χ3v) is 3.74. The van der Waals surface area contributed by atoms with Crippen molar-refractivity contribution in [1.82, 2.24) is 9.38 Å². The van der Waals surface area contributed by atoms with Crippen molar-refractivity contribution in [3.8, 4) is 22.9 Å². The lowest BCUT2D eigenvalue weighted by Crippen LogP contribution is -1.92. The van der Waals surface area contributed by atoms with Crippen LogP contribution in [0.3, 0.4) is 0 Å². The Bertz CT molecular complexity index is 958. The second kappa shape index (κ2) is 5.61. The molecular formula is C20H16N2O. The highest BCUT2D eigenvalue weighted by molar-refractivity contribution is 5.69. The maximum absolute atomic E-state index is 6.20. The number of rotatable bonds is 3. The molecule has 0 aliphatic carbocycles. The normalized spacial score (nSPS) is 10.8. The number of hydrogen-bond acceptors (Lipinski definition) is 2. The molecule has 4 aromatic rings. The van der Waals surface area contributed by atoms with Gasteiger partial charge >= 0.3 is 0 Å². The quantitative estimate of drug-likeness (QED) is 0.526. The summed E-state index contributed by atoms with van der Waals surface area (Å²) in [4.78, 5) is 4.74. The zero-order chi connectivity index (χ0) is 15.6. The van der Waals surface area contributed by atoms with Gasteiger partial charge in [0.25, 0.3) is 0 Å². The van der Waals surface area contributed by atoms with Crippen LogP contribution in [-0.4, -0.2) is 9.38 Å². The molecule has 0 N–H and O–H groups in total. The molecule has 0 unspecified atom stereocenters. The number of imidazole rings is 1. The molecule has 0 radical (unpaired) electrons. The lowest BCUT2D eigenvalue weighted by Gasteiger charge is -2.08. The van der Waals surface area contributed by atoms with Crippen LogP contribution in [0.5, 0.6) is 11.6 Å². The molecule has 2 heterocycles. The lowest BCUT2D eigenvalue weighted by molar-refractivity contribution is 0.460. The second-order valence-electron chi connectivity index (χ2n) is 5.48. The van der Waals surface area contributed by atoms with Crippen molar-refractivity contribution in [2.45, 2.75) is 6.92 Å². The van der Waals surface area contributed by atoms with Gasteiger partial charge in [-0.15, -0.1) is 0 Å². The second-order valence-corrected chi connectivity index (χ2v) is 5.48. The molecule has 0 saturated carbocycles. The van der Waals surface area contributed by atoms with E-state index < -0.39 is 0 Å². The van der Waals surface area contributed by atoms with Crippen LogP contribution in [0.2, 0.25) is 0 Å². The molecule has 0 spiro atoms. The zero-order valence-electron chi connectivity index (χ0n) is 12.8. The molecule has 0 aliphatic rings. The molecule has 2 aromatic heterocycles. The first-order valence-corrected chi connectivity index (χ1v) is 7.58. The van der Waals surface area contributed by atoms with E-state index in [2.05, 4.69) is 13.0 Å². The smallest absolute Gasteiger partial charge is 0.232 e. The van der Waals surface area contributed by atoms with Crippen molar-refractivity contribution in [1.29, 1.82) is 0 Å². The predicted molar refractivity (Wildman–Crippen MR) is 91.9 cm³/mol.